The highest BCUT2D eigenvalue weighted by Crippen LogP contribution is 2.38. The second-order valence-corrected chi connectivity index (χ2v) is 10.0. The Morgan fingerprint density at radius 3 is 2.50 bits per heavy atom. The lowest BCUT2D eigenvalue weighted by atomic mass is 10.1. The summed E-state index contributed by atoms with van der Waals surface area (Å²) in [5, 5.41) is 0.574. The van der Waals surface area contributed by atoms with E-state index in [1.54, 1.807) is 41.1 Å². The quantitative estimate of drug-likeness (QED) is 0.260. The third kappa shape index (κ3) is 4.70. The van der Waals surface area contributed by atoms with Crippen LogP contribution in [-0.2, 0) is 10.0 Å². The standard InChI is InChI=1S/C24H14Cl2F2N4O3S/c25-14-4-5-19(17(10-14)18-2-1-3-23-30-8-9-32(18)23)35-20-12-16(27)13-21(24(20)28)36(33,34)31-22-11-15(26)6-7-29-22/h1-13H,(H,29,31). The summed E-state index contributed by atoms with van der Waals surface area (Å²) < 4.78 is 65.2. The second-order valence-electron chi connectivity index (χ2n) is 7.49. The first-order valence-corrected chi connectivity index (χ1v) is 12.5. The van der Waals surface area contributed by atoms with Crippen molar-refractivity contribution in [3.05, 3.63) is 101 Å². The van der Waals surface area contributed by atoms with Crippen molar-refractivity contribution in [1.82, 2.24) is 14.4 Å². The lowest BCUT2D eigenvalue weighted by Gasteiger charge is -2.15. The molecule has 0 aliphatic carbocycles. The summed E-state index contributed by atoms with van der Waals surface area (Å²) >= 11 is 12.1. The predicted octanol–water partition coefficient (Wildman–Crippen LogP) is 6.57. The van der Waals surface area contributed by atoms with Crippen LogP contribution in [0.1, 0.15) is 0 Å². The Balaban J connectivity index is 1.57. The van der Waals surface area contributed by atoms with Gasteiger partial charge in [0.05, 0.1) is 5.69 Å². The Kier molecular flexibility index (Phi) is 6.25. The van der Waals surface area contributed by atoms with E-state index in [2.05, 4.69) is 14.7 Å². The van der Waals surface area contributed by atoms with Gasteiger partial charge in [0.25, 0.3) is 10.0 Å². The maximum Gasteiger partial charge on any atom is 0.266 e. The average Bonchev–Trinajstić information content (AvgIpc) is 3.31. The molecule has 3 aromatic heterocycles. The predicted molar refractivity (Wildman–Crippen MR) is 132 cm³/mol. The Bertz CT molecular complexity index is 1730. The van der Waals surface area contributed by atoms with Crippen LogP contribution in [0.15, 0.2) is 84.1 Å². The molecule has 3 heterocycles. The fourth-order valence-electron chi connectivity index (χ4n) is 3.54. The molecule has 5 aromatic rings. The van der Waals surface area contributed by atoms with Gasteiger partial charge in [0.1, 0.15) is 27.9 Å². The van der Waals surface area contributed by atoms with Crippen LogP contribution in [0.2, 0.25) is 10.0 Å². The van der Waals surface area contributed by atoms with E-state index in [1.165, 1.54) is 30.5 Å². The van der Waals surface area contributed by atoms with Crippen LogP contribution in [-0.4, -0.2) is 22.8 Å². The van der Waals surface area contributed by atoms with Gasteiger partial charge < -0.3 is 4.74 Å². The second kappa shape index (κ2) is 9.38. The molecule has 5 rings (SSSR count). The van der Waals surface area contributed by atoms with Gasteiger partial charge in [-0.05, 0) is 42.5 Å². The van der Waals surface area contributed by atoms with Gasteiger partial charge in [0.2, 0.25) is 0 Å². The highest BCUT2D eigenvalue weighted by molar-refractivity contribution is 7.92. The first kappa shape index (κ1) is 24.0. The monoisotopic (exact) mass is 546 g/mol. The van der Waals surface area contributed by atoms with Crippen molar-refractivity contribution < 1.29 is 21.9 Å². The Hall–Kier alpha value is -3.73. The van der Waals surface area contributed by atoms with E-state index in [0.29, 0.717) is 28.0 Å². The lowest BCUT2D eigenvalue weighted by Crippen LogP contribution is -2.16. The SMILES string of the molecule is O=S(=O)(Nc1cc(Cl)ccn1)c1cc(F)cc(Oc2ccc(Cl)cc2-c2cccc3nccn23)c1F. The Morgan fingerprint density at radius 2 is 1.69 bits per heavy atom. The molecule has 12 heteroatoms. The van der Waals surface area contributed by atoms with Crippen LogP contribution < -0.4 is 9.46 Å². The number of aromatic nitrogens is 3. The molecular formula is C24H14Cl2F2N4O3S. The zero-order valence-corrected chi connectivity index (χ0v) is 20.3. The van der Waals surface area contributed by atoms with E-state index in [1.807, 2.05) is 0 Å². The van der Waals surface area contributed by atoms with Gasteiger partial charge in [-0.2, -0.15) is 0 Å². The van der Waals surface area contributed by atoms with E-state index < -0.39 is 32.3 Å². The number of nitrogens with one attached hydrogen (secondary N) is 1. The number of hydrogen-bond donors (Lipinski definition) is 1. The van der Waals surface area contributed by atoms with Crippen molar-refractivity contribution in [2.24, 2.45) is 0 Å². The molecule has 0 aliphatic heterocycles. The molecule has 7 nitrogen and oxygen atoms in total. The van der Waals surface area contributed by atoms with E-state index in [-0.39, 0.29) is 16.6 Å². The van der Waals surface area contributed by atoms with Crippen molar-refractivity contribution in [2.75, 3.05) is 4.72 Å². The number of halogens is 4. The minimum absolute atomic E-state index is 0.109. The molecule has 0 bridgehead atoms. The van der Waals surface area contributed by atoms with Crippen LogP contribution in [0, 0.1) is 11.6 Å². The molecule has 0 aliphatic rings. The van der Waals surface area contributed by atoms with Gasteiger partial charge >= 0.3 is 0 Å². The van der Waals surface area contributed by atoms with Crippen LogP contribution in [0.25, 0.3) is 16.9 Å². The van der Waals surface area contributed by atoms with E-state index >= 15 is 4.39 Å². The fraction of sp³-hybridized carbons (Fsp3) is 0. The van der Waals surface area contributed by atoms with Crippen LogP contribution in [0.4, 0.5) is 14.6 Å². The Morgan fingerprint density at radius 1 is 0.889 bits per heavy atom. The van der Waals surface area contributed by atoms with Gasteiger partial charge in [-0.25, -0.2) is 27.2 Å². The van der Waals surface area contributed by atoms with Crippen molar-refractivity contribution in [1.29, 1.82) is 0 Å². The van der Waals surface area contributed by atoms with Crippen molar-refractivity contribution in [2.45, 2.75) is 4.90 Å². The van der Waals surface area contributed by atoms with E-state index in [9.17, 15) is 12.8 Å². The fourth-order valence-corrected chi connectivity index (χ4v) is 4.97. The highest BCUT2D eigenvalue weighted by Gasteiger charge is 2.26. The maximum absolute atomic E-state index is 15.4. The maximum atomic E-state index is 15.4. The molecule has 0 atom stereocenters. The number of fused-ring (bicyclic) bond motifs is 1. The van der Waals surface area contributed by atoms with Crippen molar-refractivity contribution >= 4 is 44.7 Å². The molecule has 0 fully saturated rings. The summed E-state index contributed by atoms with van der Waals surface area (Å²) in [5.41, 5.74) is 1.70. The van der Waals surface area contributed by atoms with Gasteiger partial charge in [-0.15, -0.1) is 0 Å². The third-order valence-corrected chi connectivity index (χ3v) is 6.91. The zero-order valence-electron chi connectivity index (χ0n) is 18.0. The summed E-state index contributed by atoms with van der Waals surface area (Å²) in [5.74, 6) is -3.03. The third-order valence-electron chi connectivity index (χ3n) is 5.09. The van der Waals surface area contributed by atoms with Gasteiger partial charge in [0, 0.05) is 46.3 Å². The summed E-state index contributed by atoms with van der Waals surface area (Å²) in [4.78, 5) is 7.10. The van der Waals surface area contributed by atoms with Crippen molar-refractivity contribution in [3.8, 4) is 22.8 Å². The minimum Gasteiger partial charge on any atom is -0.453 e. The molecule has 182 valence electrons. The van der Waals surface area contributed by atoms with Crippen LogP contribution >= 0.6 is 23.2 Å². The number of hydrogen-bond acceptors (Lipinski definition) is 5. The average molecular weight is 547 g/mol. The van der Waals surface area contributed by atoms with Crippen LogP contribution in [0.5, 0.6) is 11.5 Å². The largest absolute Gasteiger partial charge is 0.453 e. The topological polar surface area (TPSA) is 85.6 Å². The number of sulfonamides is 1. The van der Waals surface area contributed by atoms with Gasteiger partial charge in [-0.1, -0.05) is 29.3 Å². The highest BCUT2D eigenvalue weighted by atomic mass is 35.5. The summed E-state index contributed by atoms with van der Waals surface area (Å²) in [7, 11) is -4.59. The smallest absolute Gasteiger partial charge is 0.266 e. The Labute approximate surface area is 214 Å². The van der Waals surface area contributed by atoms with Crippen LogP contribution in [0.3, 0.4) is 0 Å². The normalized spacial score (nSPS) is 11.6. The molecule has 0 radical (unpaired) electrons. The number of imidazole rings is 1. The molecule has 0 unspecified atom stereocenters. The number of nitrogens with zero attached hydrogens (tertiary/aromatic N) is 3. The zero-order chi connectivity index (χ0) is 25.4. The van der Waals surface area contributed by atoms with Crippen molar-refractivity contribution in [3.63, 3.8) is 0 Å². The first-order valence-electron chi connectivity index (χ1n) is 10.2. The number of ether oxygens (including phenoxy) is 1. The molecular weight excluding hydrogens is 533 g/mol. The van der Waals surface area contributed by atoms with E-state index in [4.69, 9.17) is 27.9 Å². The number of pyridine rings is 2. The molecule has 36 heavy (non-hydrogen) atoms. The molecule has 1 N–H and O–H groups in total. The first-order chi connectivity index (χ1) is 17.2. The molecule has 0 saturated carbocycles. The van der Waals surface area contributed by atoms with E-state index in [0.717, 1.165) is 6.07 Å². The molecule has 0 amide bonds. The van der Waals surface area contributed by atoms with Gasteiger partial charge in [0.15, 0.2) is 11.6 Å². The summed E-state index contributed by atoms with van der Waals surface area (Å²) in [6.07, 6.45) is 4.59. The molecule has 0 spiro atoms. The molecule has 2 aromatic carbocycles. The summed E-state index contributed by atoms with van der Waals surface area (Å²) in [6, 6.07) is 13.9. The number of rotatable bonds is 6. The summed E-state index contributed by atoms with van der Waals surface area (Å²) in [6.45, 7) is 0. The number of benzene rings is 2. The van der Waals surface area contributed by atoms with Gasteiger partial charge in [-0.3, -0.25) is 9.12 Å². The molecule has 0 saturated heterocycles. The lowest BCUT2D eigenvalue weighted by molar-refractivity contribution is 0.427. The minimum atomic E-state index is -4.59. The number of anilines is 1.